The summed E-state index contributed by atoms with van der Waals surface area (Å²) in [5.74, 6) is -0.931. The van der Waals surface area contributed by atoms with Crippen LogP contribution >= 0.6 is 0 Å². The number of sulfonamides is 1. The first-order valence-electron chi connectivity index (χ1n) is 9.33. The van der Waals surface area contributed by atoms with Crippen LogP contribution in [0.5, 0.6) is 5.75 Å². The van der Waals surface area contributed by atoms with E-state index in [4.69, 9.17) is 4.74 Å². The van der Waals surface area contributed by atoms with Crippen molar-refractivity contribution in [1.29, 1.82) is 0 Å². The van der Waals surface area contributed by atoms with E-state index in [9.17, 15) is 17.6 Å². The molecule has 0 saturated carbocycles. The van der Waals surface area contributed by atoms with Crippen LogP contribution in [-0.4, -0.2) is 38.8 Å². The second-order valence-electron chi connectivity index (χ2n) is 6.68. The average Bonchev–Trinajstić information content (AvgIpc) is 2.73. The molecule has 1 aliphatic rings. The van der Waals surface area contributed by atoms with Crippen molar-refractivity contribution in [3.8, 4) is 5.75 Å². The third-order valence-electron chi connectivity index (χ3n) is 4.68. The van der Waals surface area contributed by atoms with Crippen molar-refractivity contribution in [1.82, 2.24) is 4.31 Å². The zero-order valence-corrected chi connectivity index (χ0v) is 16.9. The Morgan fingerprint density at radius 3 is 2.55 bits per heavy atom. The number of carbonyl (C=O) groups excluding carboxylic acids is 1. The molecule has 2 aromatic rings. The fourth-order valence-electron chi connectivity index (χ4n) is 3.17. The Labute approximate surface area is 170 Å². The van der Waals surface area contributed by atoms with Crippen molar-refractivity contribution < 1.29 is 22.3 Å². The lowest BCUT2D eigenvalue weighted by Gasteiger charge is -2.26. The molecule has 3 rings (SSSR count). The van der Waals surface area contributed by atoms with E-state index in [0.29, 0.717) is 18.7 Å². The highest BCUT2D eigenvalue weighted by molar-refractivity contribution is 7.89. The molecule has 0 aliphatic carbocycles. The molecular formula is C21H23FN2O4S. The Balaban J connectivity index is 1.76. The van der Waals surface area contributed by atoms with Gasteiger partial charge < -0.3 is 10.1 Å². The topological polar surface area (TPSA) is 75.7 Å². The molecule has 0 radical (unpaired) electrons. The minimum atomic E-state index is -3.69. The number of benzene rings is 2. The van der Waals surface area contributed by atoms with Gasteiger partial charge in [0.05, 0.1) is 12.8 Å². The molecule has 1 aliphatic heterocycles. The molecule has 1 saturated heterocycles. The van der Waals surface area contributed by atoms with Crippen LogP contribution < -0.4 is 10.1 Å². The Bertz CT molecular complexity index is 1020. The molecule has 0 aromatic heterocycles. The zero-order valence-electron chi connectivity index (χ0n) is 16.1. The summed E-state index contributed by atoms with van der Waals surface area (Å²) < 4.78 is 46.0. The number of anilines is 1. The smallest absolute Gasteiger partial charge is 0.248 e. The lowest BCUT2D eigenvalue weighted by Crippen LogP contribution is -2.36. The summed E-state index contributed by atoms with van der Waals surface area (Å²) in [5, 5.41) is 2.61. The number of methoxy groups -OCH3 is 1. The van der Waals surface area contributed by atoms with Gasteiger partial charge in [-0.05, 0) is 48.7 Å². The molecule has 0 bridgehead atoms. The van der Waals surface area contributed by atoms with E-state index >= 15 is 0 Å². The lowest BCUT2D eigenvalue weighted by atomic mass is 10.2. The van der Waals surface area contributed by atoms with Gasteiger partial charge in [-0.1, -0.05) is 24.6 Å². The van der Waals surface area contributed by atoms with Crippen molar-refractivity contribution in [2.45, 2.75) is 24.2 Å². The second kappa shape index (κ2) is 9.19. The number of hydrogen-bond acceptors (Lipinski definition) is 4. The van der Waals surface area contributed by atoms with Crippen LogP contribution in [-0.2, 0) is 14.8 Å². The summed E-state index contributed by atoms with van der Waals surface area (Å²) in [4.78, 5) is 12.4. The summed E-state index contributed by atoms with van der Waals surface area (Å²) in [6.07, 6.45) is 5.34. The maximum Gasteiger partial charge on any atom is 0.248 e. The molecule has 29 heavy (non-hydrogen) atoms. The maximum absolute atomic E-state index is 13.8. The molecule has 0 spiro atoms. The fraction of sp³-hybridized carbons (Fsp3) is 0.286. The number of carbonyl (C=O) groups is 1. The quantitative estimate of drug-likeness (QED) is 0.727. The summed E-state index contributed by atoms with van der Waals surface area (Å²) >= 11 is 0. The minimum Gasteiger partial charge on any atom is -0.494 e. The van der Waals surface area contributed by atoms with Gasteiger partial charge in [-0.3, -0.25) is 4.79 Å². The number of nitrogens with one attached hydrogen (secondary N) is 1. The molecule has 2 aromatic carbocycles. The number of halogens is 1. The SMILES string of the molecule is COc1ccc(/C=C/C(=O)Nc2ccccc2S(=O)(=O)N2CCCCC2)cc1F. The highest BCUT2D eigenvalue weighted by Gasteiger charge is 2.28. The second-order valence-corrected chi connectivity index (χ2v) is 8.58. The van der Waals surface area contributed by atoms with Gasteiger partial charge in [0, 0.05) is 19.2 Å². The Kier molecular flexibility index (Phi) is 6.66. The maximum atomic E-state index is 13.8. The van der Waals surface area contributed by atoms with E-state index in [2.05, 4.69) is 5.32 Å². The van der Waals surface area contributed by atoms with E-state index in [1.807, 2.05) is 0 Å². The predicted molar refractivity (Wildman–Crippen MR) is 110 cm³/mol. The van der Waals surface area contributed by atoms with Crippen LogP contribution in [0.15, 0.2) is 53.4 Å². The van der Waals surface area contributed by atoms with Gasteiger partial charge in [-0.15, -0.1) is 0 Å². The number of rotatable bonds is 6. The van der Waals surface area contributed by atoms with E-state index in [0.717, 1.165) is 19.3 Å². The largest absolute Gasteiger partial charge is 0.494 e. The van der Waals surface area contributed by atoms with Crippen LogP contribution in [0, 0.1) is 5.82 Å². The van der Waals surface area contributed by atoms with Gasteiger partial charge in [0.15, 0.2) is 11.6 Å². The van der Waals surface area contributed by atoms with Crippen LogP contribution in [0.3, 0.4) is 0 Å². The van der Waals surface area contributed by atoms with Crippen molar-refractivity contribution in [3.63, 3.8) is 0 Å². The molecule has 1 heterocycles. The standard InChI is InChI=1S/C21H23FN2O4S/c1-28-19-11-9-16(15-17(19)22)10-12-21(25)23-18-7-3-4-8-20(18)29(26,27)24-13-5-2-6-14-24/h3-4,7-12,15H,2,5-6,13-14H2,1H3,(H,23,25)/b12-10+. The molecule has 1 fully saturated rings. The minimum absolute atomic E-state index is 0.0686. The number of piperidine rings is 1. The van der Waals surface area contributed by atoms with Gasteiger partial charge in [-0.2, -0.15) is 4.31 Å². The van der Waals surface area contributed by atoms with E-state index in [1.165, 1.54) is 41.8 Å². The molecule has 1 N–H and O–H groups in total. The first-order chi connectivity index (χ1) is 13.9. The van der Waals surface area contributed by atoms with Crippen LogP contribution in [0.1, 0.15) is 24.8 Å². The van der Waals surface area contributed by atoms with Gasteiger partial charge in [0.1, 0.15) is 4.90 Å². The zero-order chi connectivity index (χ0) is 20.9. The monoisotopic (exact) mass is 418 g/mol. The van der Waals surface area contributed by atoms with Gasteiger partial charge in [-0.25, -0.2) is 12.8 Å². The van der Waals surface area contributed by atoms with Crippen molar-refractivity contribution in [2.75, 3.05) is 25.5 Å². The van der Waals surface area contributed by atoms with Crippen LogP contribution in [0.4, 0.5) is 10.1 Å². The normalized spacial score (nSPS) is 15.4. The molecular weight excluding hydrogens is 395 g/mol. The molecule has 8 heteroatoms. The van der Waals surface area contributed by atoms with Gasteiger partial charge in [0.2, 0.25) is 15.9 Å². The lowest BCUT2D eigenvalue weighted by molar-refractivity contribution is -0.111. The highest BCUT2D eigenvalue weighted by atomic mass is 32.2. The van der Waals surface area contributed by atoms with Crippen molar-refractivity contribution in [3.05, 3.63) is 59.9 Å². The summed E-state index contributed by atoms with van der Waals surface area (Å²) in [5.41, 5.74) is 0.696. The number of amides is 1. The van der Waals surface area contributed by atoms with Crippen LogP contribution in [0.25, 0.3) is 6.08 Å². The van der Waals surface area contributed by atoms with Crippen LogP contribution in [0.2, 0.25) is 0 Å². The third-order valence-corrected chi connectivity index (χ3v) is 6.64. The summed E-state index contributed by atoms with van der Waals surface area (Å²) in [6.45, 7) is 0.959. The Morgan fingerprint density at radius 1 is 1.14 bits per heavy atom. The highest BCUT2D eigenvalue weighted by Crippen LogP contribution is 2.27. The molecule has 1 amide bonds. The molecule has 0 unspecified atom stereocenters. The average molecular weight is 418 g/mol. The fourth-order valence-corrected chi connectivity index (χ4v) is 4.84. The first kappa shape index (κ1) is 21.0. The number of para-hydroxylation sites is 1. The number of hydrogen-bond donors (Lipinski definition) is 1. The van der Waals surface area contributed by atoms with Crippen molar-refractivity contribution in [2.24, 2.45) is 0 Å². The third kappa shape index (κ3) is 5.02. The summed E-state index contributed by atoms with van der Waals surface area (Å²) in [6, 6.07) is 10.7. The molecule has 154 valence electrons. The Hall–Kier alpha value is -2.71. The van der Waals surface area contributed by atoms with E-state index in [1.54, 1.807) is 24.3 Å². The van der Waals surface area contributed by atoms with Gasteiger partial charge in [0.25, 0.3) is 0 Å². The van der Waals surface area contributed by atoms with Gasteiger partial charge >= 0.3 is 0 Å². The van der Waals surface area contributed by atoms with Crippen molar-refractivity contribution >= 4 is 27.7 Å². The number of ether oxygens (including phenoxy) is 1. The van der Waals surface area contributed by atoms with E-state index < -0.39 is 21.7 Å². The number of nitrogens with zero attached hydrogens (tertiary/aromatic N) is 1. The molecule has 6 nitrogen and oxygen atoms in total. The summed E-state index contributed by atoms with van der Waals surface area (Å²) in [7, 11) is -2.32. The predicted octanol–water partition coefficient (Wildman–Crippen LogP) is 3.66. The molecule has 0 atom stereocenters. The first-order valence-corrected chi connectivity index (χ1v) is 10.8. The van der Waals surface area contributed by atoms with E-state index in [-0.39, 0.29) is 16.3 Å². The Morgan fingerprint density at radius 2 is 1.86 bits per heavy atom.